The highest BCUT2D eigenvalue weighted by Gasteiger charge is 2.29. The summed E-state index contributed by atoms with van der Waals surface area (Å²) < 4.78 is 7.68. The number of tetrazole rings is 1. The number of aromatic amines is 1. The van der Waals surface area contributed by atoms with E-state index in [1.165, 1.54) is 30.6 Å². The molecule has 1 aliphatic carbocycles. The first kappa shape index (κ1) is 20.3. The van der Waals surface area contributed by atoms with Gasteiger partial charge in [-0.1, -0.05) is 18.2 Å². The zero-order valence-corrected chi connectivity index (χ0v) is 18.1. The summed E-state index contributed by atoms with van der Waals surface area (Å²) in [5.74, 6) is 0.880. The lowest BCUT2D eigenvalue weighted by atomic mass is 10.1. The number of nitrogens with zero attached hydrogens (tertiary/aromatic N) is 4. The second-order valence-corrected chi connectivity index (χ2v) is 9.07. The molecule has 1 saturated heterocycles. The molecule has 2 atom stereocenters. The van der Waals surface area contributed by atoms with Crippen LogP contribution in [0.3, 0.4) is 0 Å². The van der Waals surface area contributed by atoms with Gasteiger partial charge in [0.1, 0.15) is 13.1 Å². The number of ether oxygens (including phenoxy) is 1. The largest absolute Gasteiger partial charge is 0.376 e. The quantitative estimate of drug-likeness (QED) is 0.602. The third-order valence-corrected chi connectivity index (χ3v) is 6.91. The van der Waals surface area contributed by atoms with Crippen LogP contribution in [-0.2, 0) is 24.4 Å². The monoisotopic (exact) mass is 423 g/mol. The molecule has 2 N–H and O–H groups in total. The van der Waals surface area contributed by atoms with E-state index in [4.69, 9.17) is 4.74 Å². The van der Waals surface area contributed by atoms with E-state index in [9.17, 15) is 4.79 Å². The summed E-state index contributed by atoms with van der Waals surface area (Å²) in [6.07, 6.45) is 7.24. The molecular weight excluding hydrogens is 392 g/mol. The molecule has 3 aromatic rings. The highest BCUT2D eigenvalue weighted by Crippen LogP contribution is 2.18. The number of rotatable bonds is 7. The van der Waals surface area contributed by atoms with Gasteiger partial charge >= 0.3 is 0 Å². The van der Waals surface area contributed by atoms with Crippen LogP contribution in [-0.4, -0.2) is 43.9 Å². The van der Waals surface area contributed by atoms with Crippen molar-refractivity contribution in [3.8, 4) is 0 Å². The highest BCUT2D eigenvalue weighted by molar-refractivity contribution is 5.81. The lowest BCUT2D eigenvalue weighted by Gasteiger charge is -2.25. The van der Waals surface area contributed by atoms with Gasteiger partial charge in [0.25, 0.3) is 5.56 Å². The van der Waals surface area contributed by atoms with E-state index in [-0.39, 0.29) is 11.7 Å². The van der Waals surface area contributed by atoms with E-state index in [0.717, 1.165) is 53.8 Å². The molecule has 8 nitrogen and oxygen atoms in total. The van der Waals surface area contributed by atoms with Gasteiger partial charge in [0.2, 0.25) is 5.82 Å². The number of aryl methyl sites for hydroxylation is 1. The minimum Gasteiger partial charge on any atom is -0.376 e. The Morgan fingerprint density at radius 1 is 1.19 bits per heavy atom. The predicted molar refractivity (Wildman–Crippen MR) is 117 cm³/mol. The van der Waals surface area contributed by atoms with Crippen LogP contribution >= 0.6 is 0 Å². The van der Waals surface area contributed by atoms with E-state index in [2.05, 4.69) is 32.6 Å². The number of pyridine rings is 1. The maximum absolute atomic E-state index is 12.9. The van der Waals surface area contributed by atoms with Crippen LogP contribution in [0.25, 0.3) is 10.9 Å². The van der Waals surface area contributed by atoms with Crippen molar-refractivity contribution in [1.82, 2.24) is 25.2 Å². The van der Waals surface area contributed by atoms with Crippen LogP contribution in [0.15, 0.2) is 29.1 Å². The van der Waals surface area contributed by atoms with Crippen molar-refractivity contribution in [3.05, 3.63) is 51.6 Å². The number of nitrogens with one attached hydrogen (secondary N) is 2. The van der Waals surface area contributed by atoms with E-state index in [1.54, 1.807) is 0 Å². The molecule has 5 rings (SSSR count). The Balaban J connectivity index is 1.40. The minimum absolute atomic E-state index is 0.0104. The van der Waals surface area contributed by atoms with Gasteiger partial charge in [0, 0.05) is 6.61 Å². The van der Waals surface area contributed by atoms with Crippen LogP contribution in [0.1, 0.15) is 55.5 Å². The zero-order valence-electron chi connectivity index (χ0n) is 18.1. The lowest BCUT2D eigenvalue weighted by molar-refractivity contribution is -0.952. The fourth-order valence-electron chi connectivity index (χ4n) is 5.17. The van der Waals surface area contributed by atoms with Crippen LogP contribution in [0, 0.1) is 6.92 Å². The number of hydrogen-bond acceptors (Lipinski definition) is 5. The number of hydrogen-bond donors (Lipinski definition) is 2. The first-order valence-electron chi connectivity index (χ1n) is 11.5. The molecule has 2 fully saturated rings. The minimum atomic E-state index is 0.0104. The van der Waals surface area contributed by atoms with Crippen molar-refractivity contribution in [1.29, 1.82) is 0 Å². The highest BCUT2D eigenvalue weighted by atomic mass is 16.5. The smallest absolute Gasteiger partial charge is 0.257 e. The Morgan fingerprint density at radius 2 is 2.06 bits per heavy atom. The normalized spacial score (nSPS) is 20.6. The van der Waals surface area contributed by atoms with E-state index in [1.807, 2.05) is 23.7 Å². The van der Waals surface area contributed by atoms with E-state index >= 15 is 0 Å². The molecule has 1 saturated carbocycles. The molecular formula is C23H31N6O2+. The molecule has 1 aromatic carbocycles. The van der Waals surface area contributed by atoms with Gasteiger partial charge in [-0.25, -0.2) is 4.68 Å². The van der Waals surface area contributed by atoms with Gasteiger partial charge in [-0.3, -0.25) is 4.79 Å². The van der Waals surface area contributed by atoms with Crippen LogP contribution in [0.2, 0.25) is 0 Å². The van der Waals surface area contributed by atoms with Crippen LogP contribution in [0.5, 0.6) is 0 Å². The molecule has 164 valence electrons. The molecule has 0 spiro atoms. The van der Waals surface area contributed by atoms with Gasteiger partial charge < -0.3 is 14.6 Å². The summed E-state index contributed by atoms with van der Waals surface area (Å²) in [6, 6.07) is 8.73. The molecule has 2 aliphatic rings. The topological polar surface area (TPSA) is 90.1 Å². The predicted octanol–water partition coefficient (Wildman–Crippen LogP) is 1.53. The van der Waals surface area contributed by atoms with E-state index in [0.29, 0.717) is 19.1 Å². The van der Waals surface area contributed by atoms with Gasteiger partial charge in [-0.2, -0.15) is 0 Å². The average Bonchev–Trinajstić information content (AvgIpc) is 3.53. The number of H-pyrrole nitrogens is 1. The Kier molecular flexibility index (Phi) is 5.82. The molecule has 1 aliphatic heterocycles. The Morgan fingerprint density at radius 3 is 2.87 bits per heavy atom. The molecule has 2 aromatic heterocycles. The summed E-state index contributed by atoms with van der Waals surface area (Å²) in [5, 5.41) is 13.6. The van der Waals surface area contributed by atoms with Crippen molar-refractivity contribution in [2.45, 2.75) is 77.2 Å². The second kappa shape index (κ2) is 8.88. The summed E-state index contributed by atoms with van der Waals surface area (Å²) >= 11 is 0. The number of para-hydroxylation sites is 1. The molecule has 0 amide bonds. The molecule has 31 heavy (non-hydrogen) atoms. The Bertz CT molecular complexity index is 1090. The first-order valence-corrected chi connectivity index (χ1v) is 11.5. The van der Waals surface area contributed by atoms with Crippen molar-refractivity contribution in [3.63, 3.8) is 0 Å². The van der Waals surface area contributed by atoms with Gasteiger partial charge in [0.05, 0.1) is 29.8 Å². The Labute approximate surface area is 181 Å². The molecule has 1 unspecified atom stereocenters. The summed E-state index contributed by atoms with van der Waals surface area (Å²) in [5.41, 5.74) is 2.86. The maximum Gasteiger partial charge on any atom is 0.257 e. The van der Waals surface area contributed by atoms with Gasteiger partial charge in [-0.05, 0) is 72.9 Å². The van der Waals surface area contributed by atoms with Crippen LogP contribution < -0.4 is 10.5 Å². The third kappa shape index (κ3) is 4.41. The van der Waals surface area contributed by atoms with Crippen LogP contribution in [0.4, 0.5) is 0 Å². The SMILES string of the molecule is Cc1cccc2cc(C[NH+](Cc3nnnn3C[C@@H]3CCCO3)C3CCCC3)c(=O)[nH]c12. The number of quaternary nitrogens is 1. The van der Waals surface area contributed by atoms with Crippen molar-refractivity contribution in [2.24, 2.45) is 0 Å². The third-order valence-electron chi connectivity index (χ3n) is 6.91. The summed E-state index contributed by atoms with van der Waals surface area (Å²) in [4.78, 5) is 17.4. The van der Waals surface area contributed by atoms with Gasteiger partial charge in [-0.15, -0.1) is 5.10 Å². The molecule has 8 heteroatoms. The standard InChI is InChI=1S/C23H30N6O2/c1-16-6-4-7-17-12-18(23(30)24-22(16)17)13-28(19-8-2-3-9-19)15-21-25-26-27-29(21)14-20-10-5-11-31-20/h4,6-7,12,19-20H,2-3,5,8-11,13-15H2,1H3,(H,24,30)/p+1/t20-/m0/s1. The average molecular weight is 424 g/mol. The van der Waals surface area contributed by atoms with Gasteiger partial charge in [0.15, 0.2) is 0 Å². The zero-order chi connectivity index (χ0) is 21.2. The molecule has 3 heterocycles. The first-order chi connectivity index (χ1) is 15.2. The molecule has 0 radical (unpaired) electrons. The summed E-state index contributed by atoms with van der Waals surface area (Å²) in [6.45, 7) is 4.95. The maximum atomic E-state index is 12.9. The fraction of sp³-hybridized carbons (Fsp3) is 0.565. The van der Waals surface area contributed by atoms with Crippen molar-refractivity contribution < 1.29 is 9.64 Å². The summed E-state index contributed by atoms with van der Waals surface area (Å²) in [7, 11) is 0. The number of fused-ring (bicyclic) bond motifs is 1. The molecule has 0 bridgehead atoms. The van der Waals surface area contributed by atoms with Crippen molar-refractivity contribution in [2.75, 3.05) is 6.61 Å². The van der Waals surface area contributed by atoms with Crippen molar-refractivity contribution >= 4 is 10.9 Å². The Hall–Kier alpha value is -2.58. The lowest BCUT2D eigenvalue weighted by Crippen LogP contribution is -3.13. The number of benzene rings is 1. The second-order valence-electron chi connectivity index (χ2n) is 9.07. The number of aromatic nitrogens is 5. The van der Waals surface area contributed by atoms with E-state index < -0.39 is 0 Å². The fourth-order valence-corrected chi connectivity index (χ4v) is 5.17.